The minimum absolute atomic E-state index is 0.0526. The van der Waals surface area contributed by atoms with E-state index in [2.05, 4.69) is 30.5 Å². The first-order chi connectivity index (χ1) is 10.5. The van der Waals surface area contributed by atoms with Gasteiger partial charge in [-0.05, 0) is 39.0 Å². The number of fused-ring (bicyclic) bond motifs is 2. The molecule has 0 unspecified atom stereocenters. The predicted molar refractivity (Wildman–Crippen MR) is 88.0 cm³/mol. The van der Waals surface area contributed by atoms with E-state index in [-0.39, 0.29) is 12.3 Å². The molecule has 5 nitrogen and oxygen atoms in total. The van der Waals surface area contributed by atoms with Crippen LogP contribution in [0.15, 0.2) is 29.8 Å². The average Bonchev–Trinajstić information content (AvgIpc) is 3.13. The number of benzene rings is 1. The second-order valence-corrected chi connectivity index (χ2v) is 7.18. The Balaban J connectivity index is 1.87. The molecule has 114 valence electrons. The topological polar surface area (TPSA) is 47.8 Å². The van der Waals surface area contributed by atoms with Crippen molar-refractivity contribution in [3.05, 3.63) is 29.8 Å². The molecule has 0 amide bonds. The summed E-state index contributed by atoms with van der Waals surface area (Å²) in [6.07, 6.45) is 2.04. The highest BCUT2D eigenvalue weighted by Crippen LogP contribution is 2.39. The molecule has 1 aromatic carbocycles. The summed E-state index contributed by atoms with van der Waals surface area (Å²) in [5, 5.41) is 5.60. The molecule has 0 atom stereocenters. The smallest absolute Gasteiger partial charge is 0.231 e. The quantitative estimate of drug-likeness (QED) is 0.776. The molecule has 1 aliphatic rings. The summed E-state index contributed by atoms with van der Waals surface area (Å²) in [5.74, 6) is 2.56. The Morgan fingerprint density at radius 3 is 2.86 bits per heavy atom. The molecule has 1 N–H and O–H groups in total. The minimum Gasteiger partial charge on any atom is -0.454 e. The van der Waals surface area contributed by atoms with Gasteiger partial charge in [0.15, 0.2) is 16.5 Å². The molecule has 1 aliphatic heterocycles. The maximum Gasteiger partial charge on any atom is 0.231 e. The fourth-order valence-electron chi connectivity index (χ4n) is 2.51. The third kappa shape index (κ3) is 2.20. The highest BCUT2D eigenvalue weighted by Gasteiger charge is 2.22. The van der Waals surface area contributed by atoms with Gasteiger partial charge in [-0.15, -0.1) is 11.3 Å². The lowest BCUT2D eigenvalue weighted by Gasteiger charge is -2.22. The largest absolute Gasteiger partial charge is 0.454 e. The van der Waals surface area contributed by atoms with Gasteiger partial charge in [0.25, 0.3) is 0 Å². The monoisotopic (exact) mass is 315 g/mol. The molecule has 0 spiro atoms. The molecule has 0 fully saturated rings. The average molecular weight is 315 g/mol. The maximum absolute atomic E-state index is 5.48. The lowest BCUT2D eigenvalue weighted by atomic mass is 10.1. The van der Waals surface area contributed by atoms with Crippen LogP contribution in [0.4, 0.5) is 5.82 Å². The normalized spacial score (nSPS) is 13.8. The molecule has 0 saturated carbocycles. The summed E-state index contributed by atoms with van der Waals surface area (Å²) in [6.45, 7) is 6.71. The lowest BCUT2D eigenvalue weighted by molar-refractivity contribution is 0.174. The number of hydrogen-bond acceptors (Lipinski definition) is 5. The van der Waals surface area contributed by atoms with Crippen LogP contribution in [0.2, 0.25) is 0 Å². The molecule has 0 radical (unpaired) electrons. The van der Waals surface area contributed by atoms with Gasteiger partial charge in [0.1, 0.15) is 11.5 Å². The van der Waals surface area contributed by atoms with Crippen LogP contribution in [-0.2, 0) is 0 Å². The van der Waals surface area contributed by atoms with E-state index in [1.165, 1.54) is 0 Å². The Hall–Kier alpha value is -2.21. The van der Waals surface area contributed by atoms with Crippen LogP contribution in [0.3, 0.4) is 0 Å². The van der Waals surface area contributed by atoms with E-state index >= 15 is 0 Å². The van der Waals surface area contributed by atoms with E-state index in [9.17, 15) is 0 Å². The first-order valence-corrected chi connectivity index (χ1v) is 8.03. The summed E-state index contributed by atoms with van der Waals surface area (Å²) in [7, 11) is 0. The van der Waals surface area contributed by atoms with Crippen LogP contribution in [0.25, 0.3) is 16.2 Å². The van der Waals surface area contributed by atoms with E-state index < -0.39 is 0 Å². The van der Waals surface area contributed by atoms with Crippen molar-refractivity contribution in [3.63, 3.8) is 0 Å². The molecular formula is C16H17N3O2S. The standard InChI is InChI=1S/C16H17N3O2S/c1-16(2,3)18-14-13(17-15-19(14)6-7-22-15)10-4-5-11-12(8-10)21-9-20-11/h4-8,18H,9H2,1-3H3. The van der Waals surface area contributed by atoms with E-state index in [0.29, 0.717) is 0 Å². The van der Waals surface area contributed by atoms with Crippen molar-refractivity contribution in [1.29, 1.82) is 0 Å². The van der Waals surface area contributed by atoms with Gasteiger partial charge >= 0.3 is 0 Å². The highest BCUT2D eigenvalue weighted by molar-refractivity contribution is 7.15. The number of imidazole rings is 1. The van der Waals surface area contributed by atoms with Crippen molar-refractivity contribution in [2.45, 2.75) is 26.3 Å². The van der Waals surface area contributed by atoms with Gasteiger partial charge in [-0.3, -0.25) is 4.40 Å². The van der Waals surface area contributed by atoms with Crippen molar-refractivity contribution in [3.8, 4) is 22.8 Å². The summed E-state index contributed by atoms with van der Waals surface area (Å²) < 4.78 is 13.0. The Morgan fingerprint density at radius 2 is 2.05 bits per heavy atom. The highest BCUT2D eigenvalue weighted by atomic mass is 32.1. The van der Waals surface area contributed by atoms with Crippen LogP contribution >= 0.6 is 11.3 Å². The fourth-order valence-corrected chi connectivity index (χ4v) is 3.22. The lowest BCUT2D eigenvalue weighted by Crippen LogP contribution is -2.27. The molecule has 0 bridgehead atoms. The van der Waals surface area contributed by atoms with Crippen LogP contribution in [0, 0.1) is 0 Å². The van der Waals surface area contributed by atoms with Gasteiger partial charge < -0.3 is 14.8 Å². The molecule has 3 aromatic rings. The van der Waals surface area contributed by atoms with Crippen molar-refractivity contribution in [1.82, 2.24) is 9.38 Å². The SMILES string of the molecule is CC(C)(C)Nc1c(-c2ccc3c(c2)OCO3)nc2sccn12. The van der Waals surface area contributed by atoms with Gasteiger partial charge in [-0.25, -0.2) is 4.98 Å². The predicted octanol–water partition coefficient (Wildman–Crippen LogP) is 4.00. The number of rotatable bonds is 2. The number of hydrogen-bond donors (Lipinski definition) is 1. The van der Waals surface area contributed by atoms with Gasteiger partial charge in [-0.2, -0.15) is 0 Å². The third-order valence-corrected chi connectivity index (χ3v) is 4.16. The van der Waals surface area contributed by atoms with Gasteiger partial charge in [-0.1, -0.05) is 0 Å². The van der Waals surface area contributed by atoms with Crippen molar-refractivity contribution in [2.75, 3.05) is 12.1 Å². The Labute approximate surface area is 132 Å². The number of aromatic nitrogens is 2. The van der Waals surface area contributed by atoms with Gasteiger partial charge in [0.2, 0.25) is 6.79 Å². The zero-order valence-corrected chi connectivity index (χ0v) is 13.5. The summed E-state index contributed by atoms with van der Waals surface area (Å²) in [4.78, 5) is 5.75. The van der Waals surface area contributed by atoms with Crippen molar-refractivity contribution in [2.24, 2.45) is 0 Å². The molecule has 6 heteroatoms. The first kappa shape index (κ1) is 13.5. The third-order valence-electron chi connectivity index (χ3n) is 3.40. The second-order valence-electron chi connectivity index (χ2n) is 6.31. The molecule has 4 rings (SSSR count). The second kappa shape index (κ2) is 4.64. The number of nitrogens with one attached hydrogen (secondary N) is 1. The first-order valence-electron chi connectivity index (χ1n) is 7.15. The number of anilines is 1. The number of ether oxygens (including phenoxy) is 2. The van der Waals surface area contributed by atoms with Crippen molar-refractivity contribution >= 4 is 22.1 Å². The zero-order chi connectivity index (χ0) is 15.3. The number of thiazole rings is 1. The molecular weight excluding hydrogens is 298 g/mol. The van der Waals surface area contributed by atoms with E-state index in [0.717, 1.165) is 33.5 Å². The summed E-state index contributed by atoms with van der Waals surface area (Å²) in [6, 6.07) is 5.95. The molecule has 0 saturated heterocycles. The summed E-state index contributed by atoms with van der Waals surface area (Å²) in [5.41, 5.74) is 1.90. The Morgan fingerprint density at radius 1 is 1.23 bits per heavy atom. The number of nitrogens with zero attached hydrogens (tertiary/aromatic N) is 2. The van der Waals surface area contributed by atoms with E-state index in [1.54, 1.807) is 11.3 Å². The molecule has 3 heterocycles. The molecule has 22 heavy (non-hydrogen) atoms. The zero-order valence-electron chi connectivity index (χ0n) is 12.7. The van der Waals surface area contributed by atoms with Crippen LogP contribution in [0.5, 0.6) is 11.5 Å². The van der Waals surface area contributed by atoms with Crippen molar-refractivity contribution < 1.29 is 9.47 Å². The molecule has 2 aromatic heterocycles. The van der Waals surface area contributed by atoms with Crippen LogP contribution < -0.4 is 14.8 Å². The van der Waals surface area contributed by atoms with E-state index in [1.807, 2.05) is 29.8 Å². The Bertz CT molecular complexity index is 845. The van der Waals surface area contributed by atoms with Crippen LogP contribution in [0.1, 0.15) is 20.8 Å². The van der Waals surface area contributed by atoms with Crippen LogP contribution in [-0.4, -0.2) is 21.7 Å². The van der Waals surface area contributed by atoms with Gasteiger partial charge in [0.05, 0.1) is 0 Å². The van der Waals surface area contributed by atoms with E-state index in [4.69, 9.17) is 14.5 Å². The minimum atomic E-state index is -0.0526. The Kier molecular flexibility index (Phi) is 2.84. The molecule has 0 aliphatic carbocycles. The summed E-state index contributed by atoms with van der Waals surface area (Å²) >= 11 is 1.62. The fraction of sp³-hybridized carbons (Fsp3) is 0.312. The van der Waals surface area contributed by atoms with Gasteiger partial charge in [0, 0.05) is 22.7 Å². The maximum atomic E-state index is 5.48.